The van der Waals surface area contributed by atoms with Crippen LogP contribution in [0.3, 0.4) is 0 Å². The van der Waals surface area contributed by atoms with E-state index in [0.717, 1.165) is 5.57 Å². The van der Waals surface area contributed by atoms with Crippen LogP contribution in [0.2, 0.25) is 0 Å². The predicted molar refractivity (Wildman–Crippen MR) is 58.3 cm³/mol. The number of ether oxygens (including phenoxy) is 1. The van der Waals surface area contributed by atoms with Gasteiger partial charge in [-0.25, -0.2) is 0 Å². The van der Waals surface area contributed by atoms with Gasteiger partial charge in [-0.3, -0.25) is 4.79 Å². The molecule has 2 unspecified atom stereocenters. The number of aliphatic hydroxyl groups excluding tert-OH is 1. The van der Waals surface area contributed by atoms with Crippen LogP contribution in [-0.4, -0.2) is 23.1 Å². The monoisotopic (exact) mass is 212 g/mol. The average Bonchev–Trinajstić information content (AvgIpc) is 2.38. The highest BCUT2D eigenvalue weighted by atomic mass is 16.5. The lowest BCUT2D eigenvalue weighted by molar-refractivity contribution is -0.119. The quantitative estimate of drug-likeness (QED) is 0.778. The number of ketones is 1. The summed E-state index contributed by atoms with van der Waals surface area (Å²) in [6.07, 6.45) is -0.194. The van der Waals surface area contributed by atoms with E-state index in [4.69, 9.17) is 4.74 Å². The van der Waals surface area contributed by atoms with E-state index >= 15 is 0 Å². The van der Waals surface area contributed by atoms with E-state index in [0.29, 0.717) is 12.2 Å². The highest BCUT2D eigenvalue weighted by Crippen LogP contribution is 2.43. The van der Waals surface area contributed by atoms with Gasteiger partial charge in [0.25, 0.3) is 0 Å². The molecule has 0 aromatic rings. The standard InChI is InChI=1S/C12H20O3/c1-6-9(14)11-12(4,5)7(2)10(15-11)8(3)13/h9,11,14H,6H2,1-5H3. The summed E-state index contributed by atoms with van der Waals surface area (Å²) in [4.78, 5) is 11.3. The maximum atomic E-state index is 11.3. The van der Waals surface area contributed by atoms with E-state index in [1.807, 2.05) is 27.7 Å². The summed E-state index contributed by atoms with van der Waals surface area (Å²) in [6.45, 7) is 9.31. The number of carbonyl (C=O) groups is 1. The van der Waals surface area contributed by atoms with Crippen molar-refractivity contribution in [2.24, 2.45) is 5.41 Å². The first-order valence-electron chi connectivity index (χ1n) is 5.39. The van der Waals surface area contributed by atoms with E-state index in [-0.39, 0.29) is 17.3 Å². The number of carbonyl (C=O) groups excluding carboxylic acids is 1. The number of aliphatic hydroxyl groups is 1. The Bertz CT molecular complexity index is 302. The number of allylic oxidation sites excluding steroid dienone is 1. The van der Waals surface area contributed by atoms with Crippen LogP contribution in [0.1, 0.15) is 41.0 Å². The maximum absolute atomic E-state index is 11.3. The lowest BCUT2D eigenvalue weighted by atomic mass is 9.78. The molecular weight excluding hydrogens is 192 g/mol. The molecule has 0 spiro atoms. The van der Waals surface area contributed by atoms with Crippen LogP contribution in [0, 0.1) is 5.41 Å². The van der Waals surface area contributed by atoms with Crippen molar-refractivity contribution in [2.45, 2.75) is 53.2 Å². The second-order valence-corrected chi connectivity index (χ2v) is 4.75. The van der Waals surface area contributed by atoms with Gasteiger partial charge < -0.3 is 9.84 Å². The van der Waals surface area contributed by atoms with Gasteiger partial charge in [0.05, 0.1) is 6.10 Å². The van der Waals surface area contributed by atoms with E-state index in [2.05, 4.69) is 0 Å². The van der Waals surface area contributed by atoms with Crippen molar-refractivity contribution in [1.29, 1.82) is 0 Å². The first kappa shape index (κ1) is 12.2. The second-order valence-electron chi connectivity index (χ2n) is 4.75. The zero-order valence-corrected chi connectivity index (χ0v) is 10.1. The van der Waals surface area contributed by atoms with Gasteiger partial charge in [0.1, 0.15) is 6.10 Å². The summed E-state index contributed by atoms with van der Waals surface area (Å²) < 4.78 is 5.58. The number of rotatable bonds is 3. The minimum atomic E-state index is -0.521. The molecule has 86 valence electrons. The van der Waals surface area contributed by atoms with E-state index < -0.39 is 6.10 Å². The van der Waals surface area contributed by atoms with Gasteiger partial charge in [-0.15, -0.1) is 0 Å². The largest absolute Gasteiger partial charge is 0.483 e. The van der Waals surface area contributed by atoms with E-state index in [1.165, 1.54) is 6.92 Å². The molecule has 1 rings (SSSR count). The van der Waals surface area contributed by atoms with Crippen LogP contribution in [0.4, 0.5) is 0 Å². The molecule has 0 saturated heterocycles. The summed E-state index contributed by atoms with van der Waals surface area (Å²) >= 11 is 0. The molecule has 0 bridgehead atoms. The van der Waals surface area contributed by atoms with Gasteiger partial charge in [-0.2, -0.15) is 0 Å². The topological polar surface area (TPSA) is 46.5 Å². The van der Waals surface area contributed by atoms with Gasteiger partial charge in [-0.1, -0.05) is 20.8 Å². The summed E-state index contributed by atoms with van der Waals surface area (Å²) in [5, 5.41) is 9.85. The minimum Gasteiger partial charge on any atom is -0.483 e. The van der Waals surface area contributed by atoms with Crippen LogP contribution in [0.15, 0.2) is 11.3 Å². The van der Waals surface area contributed by atoms with Crippen molar-refractivity contribution >= 4 is 5.78 Å². The Labute approximate surface area is 91.1 Å². The Kier molecular flexibility index (Phi) is 3.24. The molecule has 1 heterocycles. The van der Waals surface area contributed by atoms with Gasteiger partial charge in [0, 0.05) is 12.3 Å². The number of Topliss-reactive ketones (excluding diaryl/α,β-unsaturated/α-hetero) is 1. The highest BCUT2D eigenvalue weighted by molar-refractivity contribution is 5.92. The third-order valence-electron chi connectivity index (χ3n) is 3.35. The third kappa shape index (κ3) is 1.93. The highest BCUT2D eigenvalue weighted by Gasteiger charge is 2.45. The Balaban J connectivity index is 3.01. The maximum Gasteiger partial charge on any atom is 0.194 e. The molecule has 15 heavy (non-hydrogen) atoms. The molecule has 0 radical (unpaired) electrons. The van der Waals surface area contributed by atoms with Crippen LogP contribution >= 0.6 is 0 Å². The molecular formula is C12H20O3. The molecule has 3 nitrogen and oxygen atoms in total. The SMILES string of the molecule is CCC(O)C1OC(C(C)=O)=C(C)C1(C)C. The minimum absolute atomic E-state index is 0.0635. The van der Waals surface area contributed by atoms with Crippen molar-refractivity contribution in [3.8, 4) is 0 Å². The van der Waals surface area contributed by atoms with Crippen molar-refractivity contribution in [3.05, 3.63) is 11.3 Å². The molecule has 0 saturated carbocycles. The van der Waals surface area contributed by atoms with Gasteiger partial charge >= 0.3 is 0 Å². The van der Waals surface area contributed by atoms with Gasteiger partial charge in [0.15, 0.2) is 11.5 Å². The van der Waals surface area contributed by atoms with Gasteiger partial charge in [-0.05, 0) is 18.9 Å². The van der Waals surface area contributed by atoms with E-state index in [9.17, 15) is 9.90 Å². The Morgan fingerprint density at radius 3 is 2.47 bits per heavy atom. The molecule has 0 amide bonds. The van der Waals surface area contributed by atoms with Gasteiger partial charge in [0.2, 0.25) is 0 Å². The Hall–Kier alpha value is -0.830. The lowest BCUT2D eigenvalue weighted by Gasteiger charge is -2.30. The van der Waals surface area contributed by atoms with Crippen LogP contribution < -0.4 is 0 Å². The lowest BCUT2D eigenvalue weighted by Crippen LogP contribution is -2.37. The Morgan fingerprint density at radius 1 is 1.60 bits per heavy atom. The van der Waals surface area contributed by atoms with Crippen LogP contribution in [0.25, 0.3) is 0 Å². The zero-order valence-electron chi connectivity index (χ0n) is 10.1. The number of hydrogen-bond acceptors (Lipinski definition) is 3. The Morgan fingerprint density at radius 2 is 2.13 bits per heavy atom. The molecule has 0 fully saturated rings. The third-order valence-corrected chi connectivity index (χ3v) is 3.35. The van der Waals surface area contributed by atoms with Crippen molar-refractivity contribution in [2.75, 3.05) is 0 Å². The molecule has 0 aromatic heterocycles. The molecule has 3 heteroatoms. The first-order valence-corrected chi connectivity index (χ1v) is 5.39. The zero-order chi connectivity index (χ0) is 11.8. The summed E-state index contributed by atoms with van der Waals surface area (Å²) in [5.41, 5.74) is 0.670. The van der Waals surface area contributed by atoms with Crippen molar-refractivity contribution < 1.29 is 14.6 Å². The smallest absolute Gasteiger partial charge is 0.194 e. The molecule has 0 aromatic carbocycles. The molecule has 1 aliphatic heterocycles. The first-order chi connectivity index (χ1) is 6.82. The second kappa shape index (κ2) is 3.97. The summed E-state index contributed by atoms with van der Waals surface area (Å²) in [5.74, 6) is 0.365. The van der Waals surface area contributed by atoms with Crippen LogP contribution in [0.5, 0.6) is 0 Å². The number of hydrogen-bond donors (Lipinski definition) is 1. The van der Waals surface area contributed by atoms with Crippen LogP contribution in [-0.2, 0) is 9.53 Å². The fraction of sp³-hybridized carbons (Fsp3) is 0.750. The fourth-order valence-electron chi connectivity index (χ4n) is 1.99. The van der Waals surface area contributed by atoms with E-state index in [1.54, 1.807) is 0 Å². The normalized spacial score (nSPS) is 26.4. The molecule has 1 aliphatic rings. The predicted octanol–water partition coefficient (Wildman–Crippen LogP) is 2.05. The average molecular weight is 212 g/mol. The van der Waals surface area contributed by atoms with Crippen molar-refractivity contribution in [1.82, 2.24) is 0 Å². The summed E-state index contributed by atoms with van der Waals surface area (Å²) in [6, 6.07) is 0. The molecule has 0 aliphatic carbocycles. The summed E-state index contributed by atoms with van der Waals surface area (Å²) in [7, 11) is 0. The van der Waals surface area contributed by atoms with Crippen molar-refractivity contribution in [3.63, 3.8) is 0 Å². The molecule has 1 N–H and O–H groups in total. The molecule has 2 atom stereocenters. The fourth-order valence-corrected chi connectivity index (χ4v) is 1.99.